The minimum atomic E-state index is -1.09. The largest absolute Gasteiger partial charge is 0.480 e. The number of rotatable bonds is 6. The van der Waals surface area contributed by atoms with Crippen LogP contribution in [0.5, 0.6) is 0 Å². The topological polar surface area (TPSA) is 105 Å². The third-order valence-electron chi connectivity index (χ3n) is 2.22. The minimum absolute atomic E-state index is 0.0151. The van der Waals surface area contributed by atoms with Gasteiger partial charge in [-0.25, -0.2) is 4.79 Å². The fraction of sp³-hybridized carbons (Fsp3) is 0.250. The summed E-state index contributed by atoms with van der Waals surface area (Å²) in [6.07, 6.45) is 3.08. The van der Waals surface area contributed by atoms with Crippen molar-refractivity contribution in [3.05, 3.63) is 36.7 Å². The number of pyridine rings is 1. The zero-order valence-electron chi connectivity index (χ0n) is 9.80. The molecular weight excluding hydrogens is 234 g/mol. The van der Waals surface area contributed by atoms with Crippen LogP contribution in [0.3, 0.4) is 0 Å². The van der Waals surface area contributed by atoms with Gasteiger partial charge in [0.15, 0.2) is 0 Å². The van der Waals surface area contributed by atoms with Crippen molar-refractivity contribution in [1.29, 1.82) is 0 Å². The lowest BCUT2D eigenvalue weighted by atomic mass is 10.2. The van der Waals surface area contributed by atoms with E-state index in [2.05, 4.69) is 16.9 Å². The van der Waals surface area contributed by atoms with Crippen molar-refractivity contribution in [1.82, 2.24) is 10.3 Å². The van der Waals surface area contributed by atoms with Gasteiger partial charge in [-0.3, -0.25) is 9.78 Å². The van der Waals surface area contributed by atoms with Crippen molar-refractivity contribution in [2.75, 3.05) is 5.73 Å². The van der Waals surface area contributed by atoms with Gasteiger partial charge in [0.1, 0.15) is 6.04 Å². The van der Waals surface area contributed by atoms with Gasteiger partial charge in [-0.1, -0.05) is 6.08 Å². The van der Waals surface area contributed by atoms with E-state index < -0.39 is 17.9 Å². The molecule has 96 valence electrons. The molecule has 0 bridgehead atoms. The van der Waals surface area contributed by atoms with Gasteiger partial charge in [-0.05, 0) is 18.6 Å². The number of aromatic nitrogens is 1. The van der Waals surface area contributed by atoms with Crippen LogP contribution >= 0.6 is 0 Å². The molecule has 1 amide bonds. The quantitative estimate of drug-likeness (QED) is 0.631. The number of aliphatic carboxylic acids is 1. The number of nitrogens with zero attached hydrogens (tertiary/aromatic N) is 1. The molecule has 6 nitrogen and oxygen atoms in total. The van der Waals surface area contributed by atoms with Crippen LogP contribution in [0.25, 0.3) is 0 Å². The Balaban J connectivity index is 2.57. The highest BCUT2D eigenvalue weighted by Crippen LogP contribution is 2.02. The predicted molar refractivity (Wildman–Crippen MR) is 66.7 cm³/mol. The van der Waals surface area contributed by atoms with Crippen LogP contribution in [-0.4, -0.2) is 28.0 Å². The first-order chi connectivity index (χ1) is 8.52. The predicted octanol–water partition coefficient (Wildman–Crippen LogP) is 0.352. The van der Waals surface area contributed by atoms with Crippen molar-refractivity contribution in [3.8, 4) is 0 Å². The average Bonchev–Trinajstić information content (AvgIpc) is 2.31. The Morgan fingerprint density at radius 2 is 2.28 bits per heavy atom. The summed E-state index contributed by atoms with van der Waals surface area (Å²) in [5, 5.41) is 11.3. The summed E-state index contributed by atoms with van der Waals surface area (Å²) in [6, 6.07) is 2.30. The maximum atomic E-state index is 11.6. The molecule has 1 aromatic heterocycles. The Hall–Kier alpha value is -2.37. The second-order valence-electron chi connectivity index (χ2n) is 3.74. The van der Waals surface area contributed by atoms with Crippen molar-refractivity contribution in [2.45, 2.75) is 18.9 Å². The first-order valence-corrected chi connectivity index (χ1v) is 5.36. The van der Waals surface area contributed by atoms with Crippen LogP contribution < -0.4 is 11.1 Å². The highest BCUT2D eigenvalue weighted by atomic mass is 16.4. The minimum Gasteiger partial charge on any atom is -0.480 e. The number of nitrogens with two attached hydrogens (primary N) is 1. The lowest BCUT2D eigenvalue weighted by Crippen LogP contribution is -2.41. The zero-order chi connectivity index (χ0) is 13.5. The molecule has 6 heteroatoms. The van der Waals surface area contributed by atoms with Crippen molar-refractivity contribution in [2.24, 2.45) is 0 Å². The second kappa shape index (κ2) is 6.39. The lowest BCUT2D eigenvalue weighted by Gasteiger charge is -2.12. The van der Waals surface area contributed by atoms with Crippen LogP contribution in [0, 0.1) is 0 Å². The molecule has 0 saturated heterocycles. The number of carboxylic acids is 1. The fourth-order valence-electron chi connectivity index (χ4n) is 1.34. The molecule has 0 aliphatic rings. The van der Waals surface area contributed by atoms with E-state index in [1.54, 1.807) is 12.1 Å². The van der Waals surface area contributed by atoms with E-state index in [4.69, 9.17) is 10.8 Å². The second-order valence-corrected chi connectivity index (χ2v) is 3.74. The summed E-state index contributed by atoms with van der Waals surface area (Å²) in [5.74, 6) is -1.49. The Labute approximate surface area is 105 Å². The summed E-state index contributed by atoms with van der Waals surface area (Å²) < 4.78 is 0. The summed E-state index contributed by atoms with van der Waals surface area (Å²) in [6.45, 7) is 3.44. The molecule has 0 aliphatic carbocycles. The number of amides is 1. The van der Waals surface area contributed by atoms with Gasteiger partial charge in [0, 0.05) is 5.69 Å². The van der Waals surface area contributed by atoms with Gasteiger partial charge in [0.25, 0.3) is 0 Å². The molecule has 0 spiro atoms. The molecule has 1 unspecified atom stereocenters. The number of carbonyl (C=O) groups excluding carboxylic acids is 1. The van der Waals surface area contributed by atoms with Gasteiger partial charge in [-0.15, -0.1) is 6.58 Å². The molecule has 4 N–H and O–H groups in total. The summed E-state index contributed by atoms with van der Waals surface area (Å²) >= 11 is 0. The molecule has 0 aromatic carbocycles. The number of nitrogens with one attached hydrogen (secondary N) is 1. The van der Waals surface area contributed by atoms with Gasteiger partial charge >= 0.3 is 5.97 Å². The first-order valence-electron chi connectivity index (χ1n) is 5.36. The Bertz CT molecular complexity index is 442. The number of anilines is 1. The molecule has 1 aromatic rings. The van der Waals surface area contributed by atoms with E-state index in [1.807, 2.05) is 0 Å². The maximum Gasteiger partial charge on any atom is 0.326 e. The van der Waals surface area contributed by atoms with Gasteiger partial charge in [0.05, 0.1) is 18.3 Å². The molecule has 0 saturated carbocycles. The summed E-state index contributed by atoms with van der Waals surface area (Å²) in [4.78, 5) is 26.4. The molecule has 1 atom stereocenters. The summed E-state index contributed by atoms with van der Waals surface area (Å²) in [7, 11) is 0. The van der Waals surface area contributed by atoms with Crippen molar-refractivity contribution < 1.29 is 14.7 Å². The van der Waals surface area contributed by atoms with Crippen molar-refractivity contribution in [3.63, 3.8) is 0 Å². The van der Waals surface area contributed by atoms with Gasteiger partial charge in [-0.2, -0.15) is 0 Å². The third-order valence-corrected chi connectivity index (χ3v) is 2.22. The van der Waals surface area contributed by atoms with Crippen LogP contribution in [0.4, 0.5) is 5.69 Å². The van der Waals surface area contributed by atoms with Gasteiger partial charge < -0.3 is 16.2 Å². The molecular formula is C12H15N3O3. The lowest BCUT2D eigenvalue weighted by molar-refractivity contribution is -0.141. The van der Waals surface area contributed by atoms with Crippen LogP contribution in [0.15, 0.2) is 31.0 Å². The number of carbonyl (C=O) groups is 2. The average molecular weight is 249 g/mol. The molecule has 0 aliphatic heterocycles. The van der Waals surface area contributed by atoms with Gasteiger partial charge in [0.2, 0.25) is 5.91 Å². The standard InChI is InChI=1S/C12H15N3O3/c1-2-3-10(12(17)18)15-11(16)6-9-5-4-8(13)7-14-9/h2,4-5,7,10H,1,3,6,13H2,(H,15,16)(H,17,18). The van der Waals surface area contributed by atoms with E-state index in [1.165, 1.54) is 12.3 Å². The SMILES string of the molecule is C=CCC(NC(=O)Cc1ccc(N)cn1)C(=O)O. The monoisotopic (exact) mass is 249 g/mol. The number of hydrogen-bond acceptors (Lipinski definition) is 4. The molecule has 18 heavy (non-hydrogen) atoms. The highest BCUT2D eigenvalue weighted by Gasteiger charge is 2.18. The van der Waals surface area contributed by atoms with E-state index >= 15 is 0 Å². The smallest absolute Gasteiger partial charge is 0.326 e. The molecule has 1 heterocycles. The molecule has 0 fully saturated rings. The number of nitrogen functional groups attached to an aromatic ring is 1. The Kier molecular flexibility index (Phi) is 4.86. The number of hydrogen-bond donors (Lipinski definition) is 3. The molecule has 0 radical (unpaired) electrons. The Morgan fingerprint density at radius 3 is 2.78 bits per heavy atom. The van der Waals surface area contributed by atoms with Crippen LogP contribution in [0.1, 0.15) is 12.1 Å². The van der Waals surface area contributed by atoms with E-state index in [-0.39, 0.29) is 12.8 Å². The fourth-order valence-corrected chi connectivity index (χ4v) is 1.34. The zero-order valence-corrected chi connectivity index (χ0v) is 9.80. The molecule has 1 rings (SSSR count). The first kappa shape index (κ1) is 13.7. The normalized spacial score (nSPS) is 11.6. The van der Waals surface area contributed by atoms with Crippen LogP contribution in [0.2, 0.25) is 0 Å². The highest BCUT2D eigenvalue weighted by molar-refractivity contribution is 5.84. The maximum absolute atomic E-state index is 11.6. The van der Waals surface area contributed by atoms with Crippen LogP contribution in [-0.2, 0) is 16.0 Å². The number of carboxylic acid groups (broad SMARTS) is 1. The van der Waals surface area contributed by atoms with E-state index in [9.17, 15) is 9.59 Å². The Morgan fingerprint density at radius 1 is 1.56 bits per heavy atom. The third kappa shape index (κ3) is 4.25. The van der Waals surface area contributed by atoms with E-state index in [0.29, 0.717) is 11.4 Å². The van der Waals surface area contributed by atoms with E-state index in [0.717, 1.165) is 0 Å². The van der Waals surface area contributed by atoms with Crippen molar-refractivity contribution >= 4 is 17.6 Å². The summed E-state index contributed by atoms with van der Waals surface area (Å²) in [5.41, 5.74) is 6.51.